The molecule has 5 nitrogen and oxygen atoms in total. The Morgan fingerprint density at radius 3 is 2.45 bits per heavy atom. The molecule has 0 radical (unpaired) electrons. The normalized spacial score (nSPS) is 18.6. The summed E-state index contributed by atoms with van der Waals surface area (Å²) in [6.45, 7) is 2.26. The van der Waals surface area contributed by atoms with Crippen LogP contribution in [0.2, 0.25) is 0 Å². The van der Waals surface area contributed by atoms with Crippen LogP contribution in [0.25, 0.3) is 10.8 Å². The van der Waals surface area contributed by atoms with Crippen molar-refractivity contribution in [2.45, 2.75) is 36.7 Å². The molecular formula is C23H24N2O3S. The lowest BCUT2D eigenvalue weighted by Gasteiger charge is -2.25. The van der Waals surface area contributed by atoms with Crippen molar-refractivity contribution in [1.29, 1.82) is 0 Å². The number of hydrogen-bond donors (Lipinski definition) is 1. The zero-order valence-corrected chi connectivity index (χ0v) is 17.1. The number of hydrogen-bond acceptors (Lipinski definition) is 3. The zero-order valence-electron chi connectivity index (χ0n) is 16.3. The van der Waals surface area contributed by atoms with E-state index in [0.29, 0.717) is 19.4 Å². The van der Waals surface area contributed by atoms with Crippen LogP contribution in [-0.4, -0.2) is 31.2 Å². The molecule has 0 saturated carbocycles. The maximum absolute atomic E-state index is 13.3. The standard InChI is InChI=1S/C23H24N2O3S/c1-17(18-8-3-2-4-9-18)24-23(26)22-12-7-15-25(22)29(27,28)21-14-13-19-10-5-6-11-20(19)16-21/h2-6,8-11,13-14,16-17,22H,7,12,15H2,1H3,(H,24,26)/t17-,22+/m0/s1. The van der Waals surface area contributed by atoms with E-state index in [1.807, 2.05) is 67.6 Å². The average Bonchev–Trinajstić information content (AvgIpc) is 3.25. The van der Waals surface area contributed by atoms with Crippen LogP contribution in [0.15, 0.2) is 77.7 Å². The van der Waals surface area contributed by atoms with Crippen molar-refractivity contribution in [2.75, 3.05) is 6.54 Å². The van der Waals surface area contributed by atoms with E-state index >= 15 is 0 Å². The second-order valence-electron chi connectivity index (χ2n) is 7.42. The fraction of sp³-hybridized carbons (Fsp3) is 0.261. The summed E-state index contributed by atoms with van der Waals surface area (Å²) < 4.78 is 27.9. The molecule has 29 heavy (non-hydrogen) atoms. The smallest absolute Gasteiger partial charge is 0.243 e. The number of amides is 1. The maximum atomic E-state index is 13.3. The van der Waals surface area contributed by atoms with Crippen molar-refractivity contribution < 1.29 is 13.2 Å². The van der Waals surface area contributed by atoms with E-state index in [9.17, 15) is 13.2 Å². The van der Waals surface area contributed by atoms with Gasteiger partial charge >= 0.3 is 0 Å². The molecule has 1 fully saturated rings. The SMILES string of the molecule is C[C@H](NC(=O)[C@H]1CCCN1S(=O)(=O)c1ccc2ccccc2c1)c1ccccc1. The summed E-state index contributed by atoms with van der Waals surface area (Å²) in [7, 11) is -3.75. The number of nitrogens with one attached hydrogen (secondary N) is 1. The van der Waals surface area contributed by atoms with E-state index in [2.05, 4.69) is 5.32 Å². The Hall–Kier alpha value is -2.70. The van der Waals surface area contributed by atoms with Gasteiger partial charge in [-0.05, 0) is 48.2 Å². The Morgan fingerprint density at radius 2 is 1.69 bits per heavy atom. The van der Waals surface area contributed by atoms with Gasteiger partial charge in [-0.15, -0.1) is 0 Å². The molecule has 3 aromatic carbocycles. The summed E-state index contributed by atoms with van der Waals surface area (Å²) in [6.07, 6.45) is 1.20. The van der Waals surface area contributed by atoms with Crippen LogP contribution in [0, 0.1) is 0 Å². The molecule has 0 unspecified atom stereocenters. The van der Waals surface area contributed by atoms with Crippen molar-refractivity contribution in [3.63, 3.8) is 0 Å². The number of benzene rings is 3. The number of rotatable bonds is 5. The van der Waals surface area contributed by atoms with Gasteiger partial charge in [-0.25, -0.2) is 8.42 Å². The third kappa shape index (κ3) is 3.91. The van der Waals surface area contributed by atoms with Gasteiger partial charge in [0.2, 0.25) is 15.9 Å². The number of carbonyl (C=O) groups is 1. The summed E-state index contributed by atoms with van der Waals surface area (Å²) in [4.78, 5) is 13.1. The van der Waals surface area contributed by atoms with Gasteiger partial charge in [0.05, 0.1) is 10.9 Å². The quantitative estimate of drug-likeness (QED) is 0.697. The van der Waals surface area contributed by atoms with Crippen molar-refractivity contribution in [1.82, 2.24) is 9.62 Å². The number of carbonyl (C=O) groups excluding carboxylic acids is 1. The van der Waals surface area contributed by atoms with E-state index in [1.165, 1.54) is 4.31 Å². The average molecular weight is 409 g/mol. The molecule has 1 saturated heterocycles. The van der Waals surface area contributed by atoms with Gasteiger partial charge in [0, 0.05) is 6.54 Å². The minimum Gasteiger partial charge on any atom is -0.348 e. The van der Waals surface area contributed by atoms with E-state index in [0.717, 1.165) is 16.3 Å². The van der Waals surface area contributed by atoms with E-state index in [1.54, 1.807) is 12.1 Å². The highest BCUT2D eigenvalue weighted by molar-refractivity contribution is 7.89. The third-order valence-electron chi connectivity index (χ3n) is 5.49. The van der Waals surface area contributed by atoms with Crippen LogP contribution < -0.4 is 5.32 Å². The van der Waals surface area contributed by atoms with Gasteiger partial charge in [-0.2, -0.15) is 4.31 Å². The van der Waals surface area contributed by atoms with Gasteiger partial charge in [-0.3, -0.25) is 4.79 Å². The van der Waals surface area contributed by atoms with Crippen LogP contribution in [0.4, 0.5) is 0 Å². The first-order valence-electron chi connectivity index (χ1n) is 9.83. The maximum Gasteiger partial charge on any atom is 0.243 e. The Morgan fingerprint density at radius 1 is 1.00 bits per heavy atom. The highest BCUT2D eigenvalue weighted by Crippen LogP contribution is 2.28. The van der Waals surface area contributed by atoms with E-state index < -0.39 is 16.1 Å². The second kappa shape index (κ2) is 7.97. The van der Waals surface area contributed by atoms with Gasteiger partial charge in [0.15, 0.2) is 0 Å². The molecular weight excluding hydrogens is 384 g/mol. The highest BCUT2D eigenvalue weighted by Gasteiger charge is 2.39. The summed E-state index contributed by atoms with van der Waals surface area (Å²) >= 11 is 0. The lowest BCUT2D eigenvalue weighted by Crippen LogP contribution is -2.46. The van der Waals surface area contributed by atoms with Crippen LogP contribution in [0.1, 0.15) is 31.4 Å². The summed E-state index contributed by atoms with van der Waals surface area (Å²) in [5.74, 6) is -0.247. The van der Waals surface area contributed by atoms with Crippen molar-refractivity contribution >= 4 is 26.7 Å². The first kappa shape index (κ1) is 19.6. The highest BCUT2D eigenvalue weighted by atomic mass is 32.2. The molecule has 0 spiro atoms. The lowest BCUT2D eigenvalue weighted by atomic mass is 10.1. The third-order valence-corrected chi connectivity index (χ3v) is 7.40. The van der Waals surface area contributed by atoms with Crippen molar-refractivity contribution in [3.8, 4) is 0 Å². The minimum absolute atomic E-state index is 0.186. The first-order valence-corrected chi connectivity index (χ1v) is 11.3. The van der Waals surface area contributed by atoms with Gasteiger partial charge in [0.1, 0.15) is 6.04 Å². The molecule has 3 aromatic rings. The van der Waals surface area contributed by atoms with E-state index in [4.69, 9.17) is 0 Å². The molecule has 150 valence electrons. The largest absolute Gasteiger partial charge is 0.348 e. The molecule has 1 aliphatic heterocycles. The first-order chi connectivity index (χ1) is 14.0. The molecule has 1 N–H and O–H groups in total. The summed E-state index contributed by atoms with van der Waals surface area (Å²) in [5, 5.41) is 4.83. The Balaban J connectivity index is 1.57. The summed E-state index contributed by atoms with van der Waals surface area (Å²) in [6, 6.07) is 21.6. The molecule has 0 bridgehead atoms. The van der Waals surface area contributed by atoms with Gasteiger partial charge in [-0.1, -0.05) is 60.7 Å². The Labute approximate surface area is 171 Å². The summed E-state index contributed by atoms with van der Waals surface area (Å²) in [5.41, 5.74) is 0.989. The monoisotopic (exact) mass is 408 g/mol. The lowest BCUT2D eigenvalue weighted by molar-refractivity contribution is -0.124. The number of sulfonamides is 1. The predicted octanol–water partition coefficient (Wildman–Crippen LogP) is 3.87. The van der Waals surface area contributed by atoms with Gasteiger partial charge < -0.3 is 5.32 Å². The number of fused-ring (bicyclic) bond motifs is 1. The van der Waals surface area contributed by atoms with E-state index in [-0.39, 0.29) is 16.8 Å². The molecule has 0 aromatic heterocycles. The van der Waals surface area contributed by atoms with Crippen LogP contribution >= 0.6 is 0 Å². The van der Waals surface area contributed by atoms with Gasteiger partial charge in [0.25, 0.3) is 0 Å². The fourth-order valence-electron chi connectivity index (χ4n) is 3.89. The molecule has 0 aliphatic carbocycles. The minimum atomic E-state index is -3.75. The van der Waals surface area contributed by atoms with Crippen molar-refractivity contribution in [2.24, 2.45) is 0 Å². The molecule has 6 heteroatoms. The molecule has 4 rings (SSSR count). The van der Waals surface area contributed by atoms with Crippen LogP contribution in [0.3, 0.4) is 0 Å². The Kier molecular flexibility index (Phi) is 5.39. The molecule has 1 heterocycles. The second-order valence-corrected chi connectivity index (χ2v) is 9.31. The fourth-order valence-corrected chi connectivity index (χ4v) is 5.58. The molecule has 2 atom stereocenters. The van der Waals surface area contributed by atoms with Crippen LogP contribution in [0.5, 0.6) is 0 Å². The molecule has 1 aliphatic rings. The van der Waals surface area contributed by atoms with Crippen LogP contribution in [-0.2, 0) is 14.8 Å². The Bertz CT molecular complexity index is 1130. The molecule has 1 amide bonds. The van der Waals surface area contributed by atoms with Crippen molar-refractivity contribution in [3.05, 3.63) is 78.4 Å². The zero-order chi connectivity index (χ0) is 20.4. The predicted molar refractivity (Wildman–Crippen MR) is 114 cm³/mol. The number of nitrogens with zero attached hydrogens (tertiary/aromatic N) is 1. The topological polar surface area (TPSA) is 66.5 Å².